The average Bonchev–Trinajstić information content (AvgIpc) is 3.12. The van der Waals surface area contributed by atoms with Gasteiger partial charge in [-0.05, 0) is 24.6 Å². The number of carbonyl (C=O) groups is 2. The zero-order valence-electron chi connectivity index (χ0n) is 16.5. The Hall–Kier alpha value is -2.91. The normalized spacial score (nSPS) is 13.7. The van der Waals surface area contributed by atoms with Crippen LogP contribution in [0.2, 0.25) is 0 Å². The number of benzene rings is 2. The van der Waals surface area contributed by atoms with Crippen molar-refractivity contribution < 1.29 is 9.59 Å². The van der Waals surface area contributed by atoms with E-state index in [9.17, 15) is 9.59 Å². The third kappa shape index (κ3) is 4.47. The van der Waals surface area contributed by atoms with Gasteiger partial charge in [-0.2, -0.15) is 5.10 Å². The number of para-hydroxylation sites is 2. The lowest BCUT2D eigenvalue weighted by Gasteiger charge is -2.13. The van der Waals surface area contributed by atoms with Gasteiger partial charge in [0.25, 0.3) is 0 Å². The molecule has 0 unspecified atom stereocenters. The van der Waals surface area contributed by atoms with Gasteiger partial charge in [0.15, 0.2) is 10.3 Å². The molecular weight excluding hydrogens is 418 g/mol. The van der Waals surface area contributed by atoms with Crippen LogP contribution in [-0.4, -0.2) is 43.8 Å². The van der Waals surface area contributed by atoms with Gasteiger partial charge in [0, 0.05) is 12.7 Å². The number of thioether (sulfide) groups is 2. The van der Waals surface area contributed by atoms with Crippen LogP contribution in [0.4, 0.5) is 0 Å². The van der Waals surface area contributed by atoms with Gasteiger partial charge in [0.05, 0.1) is 22.5 Å². The van der Waals surface area contributed by atoms with E-state index in [2.05, 4.69) is 20.5 Å². The highest BCUT2D eigenvalue weighted by atomic mass is 32.2. The highest BCUT2D eigenvalue weighted by Crippen LogP contribution is 2.24. The standard InChI is InChI=1S/C21H19N5O2S2/c1-13-7-9-15(10-8-13)17-11-29-20(25-24-17)23-19(28)12-30-21-22-16-5-3-4-6-18(16)26(21)14(2)27/h3-10H,11-12H2,1-2H3,(H,23,25,28). The van der Waals surface area contributed by atoms with Gasteiger partial charge in [-0.25, -0.2) is 4.98 Å². The summed E-state index contributed by atoms with van der Waals surface area (Å²) in [4.78, 5) is 28.9. The quantitative estimate of drug-likeness (QED) is 0.629. The Bertz CT molecular complexity index is 1180. The minimum absolute atomic E-state index is 0.116. The first-order valence-corrected chi connectivity index (χ1v) is 11.2. The number of imidazole rings is 1. The number of nitrogens with zero attached hydrogens (tertiary/aromatic N) is 4. The van der Waals surface area contributed by atoms with Gasteiger partial charge in [0.1, 0.15) is 0 Å². The van der Waals surface area contributed by atoms with E-state index in [1.54, 1.807) is 0 Å². The molecule has 1 aliphatic rings. The number of amidine groups is 1. The molecule has 0 fully saturated rings. The average molecular weight is 438 g/mol. The molecule has 152 valence electrons. The lowest BCUT2D eigenvalue weighted by Crippen LogP contribution is -2.32. The largest absolute Gasteiger partial charge is 0.303 e. The maximum absolute atomic E-state index is 12.4. The van der Waals surface area contributed by atoms with Gasteiger partial charge >= 0.3 is 0 Å². The third-order valence-electron chi connectivity index (χ3n) is 4.42. The minimum Gasteiger partial charge on any atom is -0.303 e. The van der Waals surface area contributed by atoms with Crippen molar-refractivity contribution in [3.63, 3.8) is 0 Å². The smallest absolute Gasteiger partial charge is 0.236 e. The van der Waals surface area contributed by atoms with Crippen molar-refractivity contribution in [1.82, 2.24) is 14.9 Å². The van der Waals surface area contributed by atoms with E-state index in [0.717, 1.165) is 22.3 Å². The molecule has 1 N–H and O–H groups in total. The molecule has 0 atom stereocenters. The second kappa shape index (κ2) is 8.85. The first kappa shape index (κ1) is 20.4. The van der Waals surface area contributed by atoms with Crippen LogP contribution in [0.1, 0.15) is 22.8 Å². The number of hydrogen-bond acceptors (Lipinski definition) is 7. The number of aromatic nitrogens is 2. The van der Waals surface area contributed by atoms with Crippen LogP contribution in [0.3, 0.4) is 0 Å². The molecule has 0 radical (unpaired) electrons. The summed E-state index contributed by atoms with van der Waals surface area (Å²) < 4.78 is 1.53. The highest BCUT2D eigenvalue weighted by molar-refractivity contribution is 8.14. The van der Waals surface area contributed by atoms with Crippen molar-refractivity contribution in [3.8, 4) is 0 Å². The molecular formula is C21H19N5O2S2. The van der Waals surface area contributed by atoms with Gasteiger partial charge in [0.2, 0.25) is 11.8 Å². The molecule has 2 heterocycles. The lowest BCUT2D eigenvalue weighted by atomic mass is 10.1. The monoisotopic (exact) mass is 437 g/mol. The first-order valence-electron chi connectivity index (χ1n) is 9.26. The van der Waals surface area contributed by atoms with Gasteiger partial charge < -0.3 is 5.32 Å². The fraction of sp³-hybridized carbons (Fsp3) is 0.190. The third-order valence-corrected chi connectivity index (χ3v) is 6.23. The molecule has 3 aromatic rings. The van der Waals surface area contributed by atoms with Crippen LogP contribution in [0.5, 0.6) is 0 Å². The number of rotatable bonds is 4. The fourth-order valence-corrected chi connectivity index (χ4v) is 4.57. The van der Waals surface area contributed by atoms with Gasteiger partial charge in [-0.15, -0.1) is 5.10 Å². The summed E-state index contributed by atoms with van der Waals surface area (Å²) in [6.45, 7) is 3.52. The molecule has 0 aliphatic carbocycles. The molecule has 4 rings (SSSR count). The molecule has 1 aliphatic heterocycles. The Kier molecular flexibility index (Phi) is 6.01. The van der Waals surface area contributed by atoms with E-state index in [1.807, 2.05) is 55.5 Å². The molecule has 7 nitrogen and oxygen atoms in total. The number of fused-ring (bicyclic) bond motifs is 1. The summed E-state index contributed by atoms with van der Waals surface area (Å²) >= 11 is 2.65. The fourth-order valence-electron chi connectivity index (χ4n) is 2.94. The Morgan fingerprint density at radius 1 is 1.13 bits per heavy atom. The van der Waals surface area contributed by atoms with E-state index in [4.69, 9.17) is 0 Å². The molecule has 0 saturated heterocycles. The summed E-state index contributed by atoms with van der Waals surface area (Å²) in [7, 11) is 0. The van der Waals surface area contributed by atoms with Crippen LogP contribution in [0.25, 0.3) is 11.0 Å². The minimum atomic E-state index is -0.220. The molecule has 2 aromatic carbocycles. The zero-order chi connectivity index (χ0) is 21.1. The van der Waals surface area contributed by atoms with Crippen molar-refractivity contribution in [3.05, 3.63) is 59.7 Å². The Balaban J connectivity index is 1.40. The SMILES string of the molecule is CC(=O)n1c(SCC(=O)NC2=NN=C(c3ccc(C)cc3)CS2)nc2ccccc21. The summed E-state index contributed by atoms with van der Waals surface area (Å²) in [5, 5.41) is 12.1. The zero-order valence-corrected chi connectivity index (χ0v) is 18.1. The van der Waals surface area contributed by atoms with Crippen molar-refractivity contribution in [2.24, 2.45) is 10.2 Å². The number of aryl methyl sites for hydroxylation is 1. The van der Waals surface area contributed by atoms with Crippen LogP contribution in [-0.2, 0) is 4.79 Å². The molecule has 0 spiro atoms. The van der Waals surface area contributed by atoms with Crippen LogP contribution in [0.15, 0.2) is 63.9 Å². The summed E-state index contributed by atoms with van der Waals surface area (Å²) in [5.41, 5.74) is 4.55. The van der Waals surface area contributed by atoms with Crippen molar-refractivity contribution >= 4 is 57.3 Å². The van der Waals surface area contributed by atoms with Crippen molar-refractivity contribution in [1.29, 1.82) is 0 Å². The van der Waals surface area contributed by atoms with Gasteiger partial charge in [-0.3, -0.25) is 14.2 Å². The maximum Gasteiger partial charge on any atom is 0.236 e. The Morgan fingerprint density at radius 3 is 2.60 bits per heavy atom. The number of carbonyl (C=O) groups excluding carboxylic acids is 2. The summed E-state index contributed by atoms with van der Waals surface area (Å²) in [5.74, 6) is 0.388. The summed E-state index contributed by atoms with van der Waals surface area (Å²) in [6.07, 6.45) is 0. The number of hydrogen-bond donors (Lipinski definition) is 1. The van der Waals surface area contributed by atoms with Gasteiger partial charge in [-0.1, -0.05) is 65.5 Å². The molecule has 1 amide bonds. The Labute approximate surface area is 182 Å². The number of amides is 1. The van der Waals surface area contributed by atoms with Crippen molar-refractivity contribution in [2.75, 3.05) is 11.5 Å². The molecule has 0 saturated carbocycles. The van der Waals surface area contributed by atoms with E-state index in [0.29, 0.717) is 16.1 Å². The second-order valence-corrected chi connectivity index (χ2v) is 8.59. The van der Waals surface area contributed by atoms with E-state index in [1.165, 1.54) is 40.6 Å². The van der Waals surface area contributed by atoms with E-state index in [-0.39, 0.29) is 17.6 Å². The first-order chi connectivity index (χ1) is 14.5. The molecule has 30 heavy (non-hydrogen) atoms. The van der Waals surface area contributed by atoms with Crippen LogP contribution >= 0.6 is 23.5 Å². The topological polar surface area (TPSA) is 88.7 Å². The maximum atomic E-state index is 12.4. The van der Waals surface area contributed by atoms with Crippen molar-refractivity contribution in [2.45, 2.75) is 19.0 Å². The summed E-state index contributed by atoms with van der Waals surface area (Å²) in [6, 6.07) is 15.5. The van der Waals surface area contributed by atoms with E-state index < -0.39 is 0 Å². The lowest BCUT2D eigenvalue weighted by molar-refractivity contribution is -0.117. The molecule has 9 heteroatoms. The second-order valence-electron chi connectivity index (χ2n) is 6.68. The van der Waals surface area contributed by atoms with Crippen LogP contribution in [0, 0.1) is 6.92 Å². The highest BCUT2D eigenvalue weighted by Gasteiger charge is 2.18. The molecule has 0 bridgehead atoms. The number of nitrogens with one attached hydrogen (secondary N) is 1. The van der Waals surface area contributed by atoms with Crippen LogP contribution < -0.4 is 5.32 Å². The molecule has 1 aromatic heterocycles. The predicted molar refractivity (Wildman–Crippen MR) is 123 cm³/mol. The Morgan fingerprint density at radius 2 is 1.90 bits per heavy atom. The predicted octanol–water partition coefficient (Wildman–Crippen LogP) is 3.72. The van der Waals surface area contributed by atoms with E-state index >= 15 is 0 Å².